The van der Waals surface area contributed by atoms with E-state index in [4.69, 9.17) is 14.2 Å². The van der Waals surface area contributed by atoms with Gasteiger partial charge >= 0.3 is 6.09 Å². The second-order valence-corrected chi connectivity index (χ2v) is 7.67. The number of aliphatic hydroxyl groups is 1. The minimum Gasteiger partial charge on any atom is -0.493 e. The molecule has 0 spiro atoms. The van der Waals surface area contributed by atoms with E-state index < -0.39 is 6.09 Å². The molecule has 2 aromatic carbocycles. The van der Waals surface area contributed by atoms with Gasteiger partial charge in [0.25, 0.3) is 5.91 Å². The van der Waals surface area contributed by atoms with E-state index in [0.717, 1.165) is 24.8 Å². The van der Waals surface area contributed by atoms with Crippen LogP contribution < -0.4 is 14.8 Å². The van der Waals surface area contributed by atoms with Crippen molar-refractivity contribution in [3.05, 3.63) is 66.2 Å². The van der Waals surface area contributed by atoms with Crippen molar-refractivity contribution < 1.29 is 28.9 Å². The molecule has 0 bridgehead atoms. The topological polar surface area (TPSA) is 97.3 Å². The Morgan fingerprint density at radius 2 is 2.00 bits per heavy atom. The summed E-state index contributed by atoms with van der Waals surface area (Å²) in [5.74, 6) is 0.423. The lowest BCUT2D eigenvalue weighted by Gasteiger charge is -2.35. The zero-order valence-electron chi connectivity index (χ0n) is 18.8. The van der Waals surface area contributed by atoms with Gasteiger partial charge in [-0.25, -0.2) is 4.79 Å². The average Bonchev–Trinajstić information content (AvgIpc) is 2.86. The van der Waals surface area contributed by atoms with E-state index in [1.54, 1.807) is 17.0 Å². The predicted molar refractivity (Wildman–Crippen MR) is 125 cm³/mol. The summed E-state index contributed by atoms with van der Waals surface area (Å²) in [7, 11) is 1.49. The zero-order chi connectivity index (χ0) is 23.6. The first-order chi connectivity index (χ1) is 16.1. The zero-order valence-corrected chi connectivity index (χ0v) is 18.8. The highest BCUT2D eigenvalue weighted by Crippen LogP contribution is 2.36. The van der Waals surface area contributed by atoms with Crippen molar-refractivity contribution in [3.63, 3.8) is 0 Å². The molecule has 2 aromatic rings. The molecule has 0 radical (unpaired) electrons. The van der Waals surface area contributed by atoms with Gasteiger partial charge in [0.2, 0.25) is 0 Å². The SMILES string of the molecule is C=CCOC(=O)Nc1cc(OCc2ccccc2)c(OC)cc1C(=O)N1CCCCC1CO. The molecule has 1 unspecified atom stereocenters. The average molecular weight is 455 g/mol. The number of hydrogen-bond donors (Lipinski definition) is 2. The summed E-state index contributed by atoms with van der Waals surface area (Å²) in [6.45, 7) is 4.25. The molecule has 1 atom stereocenters. The molecule has 3 rings (SSSR count). The molecule has 1 fully saturated rings. The van der Waals surface area contributed by atoms with Gasteiger partial charge in [0.05, 0.1) is 31.0 Å². The fraction of sp³-hybridized carbons (Fsp3) is 0.360. The normalized spacial score (nSPS) is 15.5. The number of aliphatic hydroxyl groups excluding tert-OH is 1. The summed E-state index contributed by atoms with van der Waals surface area (Å²) >= 11 is 0. The molecule has 0 aromatic heterocycles. The molecule has 33 heavy (non-hydrogen) atoms. The summed E-state index contributed by atoms with van der Waals surface area (Å²) in [6, 6.07) is 12.4. The monoisotopic (exact) mass is 454 g/mol. The van der Waals surface area contributed by atoms with Gasteiger partial charge in [0.15, 0.2) is 11.5 Å². The summed E-state index contributed by atoms with van der Waals surface area (Å²) < 4.78 is 16.5. The summed E-state index contributed by atoms with van der Waals surface area (Å²) in [4.78, 5) is 27.4. The molecule has 2 amide bonds. The first-order valence-electron chi connectivity index (χ1n) is 10.9. The maximum absolute atomic E-state index is 13.5. The lowest BCUT2D eigenvalue weighted by molar-refractivity contribution is 0.0503. The molecule has 1 aliphatic heterocycles. The number of nitrogens with zero attached hydrogens (tertiary/aromatic N) is 1. The van der Waals surface area contributed by atoms with Gasteiger partial charge in [-0.2, -0.15) is 0 Å². The van der Waals surface area contributed by atoms with Crippen LogP contribution in [0.1, 0.15) is 35.2 Å². The Labute approximate surface area is 193 Å². The molecule has 0 saturated carbocycles. The Morgan fingerprint density at radius 3 is 2.70 bits per heavy atom. The lowest BCUT2D eigenvalue weighted by Crippen LogP contribution is -2.45. The van der Waals surface area contributed by atoms with Gasteiger partial charge in [-0.1, -0.05) is 43.0 Å². The fourth-order valence-corrected chi connectivity index (χ4v) is 3.74. The van der Waals surface area contributed by atoms with Crippen LogP contribution in [-0.4, -0.2) is 54.9 Å². The fourth-order valence-electron chi connectivity index (χ4n) is 3.74. The van der Waals surface area contributed by atoms with E-state index in [1.807, 2.05) is 30.3 Å². The van der Waals surface area contributed by atoms with Crippen LogP contribution in [-0.2, 0) is 11.3 Å². The quantitative estimate of drug-likeness (QED) is 0.556. The molecule has 2 N–H and O–H groups in total. The number of nitrogens with one attached hydrogen (secondary N) is 1. The molecule has 176 valence electrons. The highest BCUT2D eigenvalue weighted by Gasteiger charge is 2.30. The van der Waals surface area contributed by atoms with Crippen LogP contribution in [0.25, 0.3) is 0 Å². The number of carbonyl (C=O) groups is 2. The van der Waals surface area contributed by atoms with Crippen molar-refractivity contribution in [2.24, 2.45) is 0 Å². The molecular weight excluding hydrogens is 424 g/mol. The standard InChI is InChI=1S/C25H30N2O6/c1-3-13-32-25(30)26-21-15-23(33-17-18-9-5-4-6-10-18)22(31-2)14-20(21)24(29)27-12-8-7-11-19(27)16-28/h3-6,9-10,14-15,19,28H,1,7-8,11-13,16-17H2,2H3,(H,26,30). The van der Waals surface area contributed by atoms with Crippen molar-refractivity contribution in [1.82, 2.24) is 4.90 Å². The van der Waals surface area contributed by atoms with E-state index in [1.165, 1.54) is 13.2 Å². The van der Waals surface area contributed by atoms with E-state index >= 15 is 0 Å². The Kier molecular flexibility index (Phi) is 8.71. The van der Waals surface area contributed by atoms with Gasteiger partial charge in [-0.05, 0) is 30.9 Å². The highest BCUT2D eigenvalue weighted by molar-refractivity contribution is 6.03. The van der Waals surface area contributed by atoms with Crippen molar-refractivity contribution >= 4 is 17.7 Å². The predicted octanol–water partition coefficient (Wildman–Crippen LogP) is 4.00. The maximum atomic E-state index is 13.5. The molecular formula is C25H30N2O6. The molecule has 1 aliphatic rings. The highest BCUT2D eigenvalue weighted by atomic mass is 16.5. The van der Waals surface area contributed by atoms with Gasteiger partial charge < -0.3 is 24.2 Å². The van der Waals surface area contributed by atoms with E-state index in [-0.39, 0.29) is 43.0 Å². The number of anilines is 1. The number of piperidine rings is 1. The summed E-state index contributed by atoms with van der Waals surface area (Å²) in [5, 5.41) is 12.4. The lowest BCUT2D eigenvalue weighted by atomic mass is 10.0. The summed E-state index contributed by atoms with van der Waals surface area (Å²) in [6.07, 6.45) is 3.25. The third kappa shape index (κ3) is 6.26. The summed E-state index contributed by atoms with van der Waals surface area (Å²) in [5.41, 5.74) is 1.42. The van der Waals surface area contributed by atoms with Crippen LogP contribution in [0, 0.1) is 0 Å². The first kappa shape index (κ1) is 24.1. The van der Waals surface area contributed by atoms with Crippen LogP contribution in [0.4, 0.5) is 10.5 Å². The van der Waals surface area contributed by atoms with Crippen molar-refractivity contribution in [3.8, 4) is 11.5 Å². The smallest absolute Gasteiger partial charge is 0.411 e. The van der Waals surface area contributed by atoms with E-state index in [2.05, 4.69) is 11.9 Å². The Bertz CT molecular complexity index is 963. The number of likely N-dealkylation sites (tertiary alicyclic amines) is 1. The van der Waals surface area contributed by atoms with Crippen LogP contribution in [0.15, 0.2) is 55.1 Å². The van der Waals surface area contributed by atoms with Crippen molar-refractivity contribution in [2.45, 2.75) is 31.9 Å². The number of methoxy groups -OCH3 is 1. The number of ether oxygens (including phenoxy) is 3. The van der Waals surface area contributed by atoms with E-state index in [9.17, 15) is 14.7 Å². The van der Waals surface area contributed by atoms with Crippen molar-refractivity contribution in [1.29, 1.82) is 0 Å². The van der Waals surface area contributed by atoms with Gasteiger partial charge in [0, 0.05) is 12.6 Å². The second kappa shape index (κ2) is 11.9. The molecule has 1 saturated heterocycles. The Hall–Kier alpha value is -3.52. The minimum absolute atomic E-state index is 0.0291. The third-order valence-electron chi connectivity index (χ3n) is 5.44. The molecule has 8 heteroatoms. The van der Waals surface area contributed by atoms with Crippen molar-refractivity contribution in [2.75, 3.05) is 32.2 Å². The van der Waals surface area contributed by atoms with Crippen LogP contribution >= 0.6 is 0 Å². The number of benzene rings is 2. The van der Waals surface area contributed by atoms with Crippen LogP contribution in [0.5, 0.6) is 11.5 Å². The van der Waals surface area contributed by atoms with Crippen LogP contribution in [0.3, 0.4) is 0 Å². The second-order valence-electron chi connectivity index (χ2n) is 7.67. The van der Waals surface area contributed by atoms with Gasteiger partial charge in [-0.15, -0.1) is 0 Å². The molecule has 1 heterocycles. The molecule has 0 aliphatic carbocycles. The number of carbonyl (C=O) groups excluding carboxylic acids is 2. The van der Waals surface area contributed by atoms with Gasteiger partial charge in [0.1, 0.15) is 13.2 Å². The number of rotatable bonds is 9. The van der Waals surface area contributed by atoms with Gasteiger partial charge in [-0.3, -0.25) is 10.1 Å². The minimum atomic E-state index is -0.722. The largest absolute Gasteiger partial charge is 0.493 e. The first-order valence-corrected chi connectivity index (χ1v) is 10.9. The Balaban J connectivity index is 1.94. The van der Waals surface area contributed by atoms with E-state index in [0.29, 0.717) is 18.0 Å². The third-order valence-corrected chi connectivity index (χ3v) is 5.44. The number of hydrogen-bond acceptors (Lipinski definition) is 6. The van der Waals surface area contributed by atoms with Crippen LogP contribution in [0.2, 0.25) is 0 Å². The molecule has 8 nitrogen and oxygen atoms in total. The Morgan fingerprint density at radius 1 is 1.21 bits per heavy atom. The number of amides is 2. The maximum Gasteiger partial charge on any atom is 0.411 e.